The largest absolute Gasteiger partial charge is 0.456 e. The van der Waals surface area contributed by atoms with E-state index in [1.54, 1.807) is 55.5 Å². The van der Waals surface area contributed by atoms with Crippen LogP contribution >= 0.6 is 0 Å². The molecule has 0 saturated carbocycles. The maximum atomic E-state index is 12.3. The maximum absolute atomic E-state index is 12.3. The number of para-hydroxylation sites is 1. The predicted octanol–water partition coefficient (Wildman–Crippen LogP) is 4.46. The summed E-state index contributed by atoms with van der Waals surface area (Å²) in [5.41, 5.74) is 1.23. The first-order valence-electron chi connectivity index (χ1n) is 8.93. The molecule has 2 aromatic carbocycles. The number of aromatic nitrogens is 2. The van der Waals surface area contributed by atoms with E-state index in [1.807, 2.05) is 6.07 Å². The van der Waals surface area contributed by atoms with Gasteiger partial charge in [0.05, 0.1) is 27.0 Å². The molecule has 2 heterocycles. The van der Waals surface area contributed by atoms with E-state index >= 15 is 0 Å². The molecule has 0 aliphatic heterocycles. The number of hydrogen-bond donors (Lipinski definition) is 1. The van der Waals surface area contributed by atoms with E-state index in [2.05, 4.69) is 9.97 Å². The number of fused-ring (bicyclic) bond motifs is 1. The summed E-state index contributed by atoms with van der Waals surface area (Å²) < 4.78 is 5.72. The van der Waals surface area contributed by atoms with Gasteiger partial charge in [0.1, 0.15) is 17.6 Å². The van der Waals surface area contributed by atoms with Crippen molar-refractivity contribution in [3.63, 3.8) is 0 Å². The Hall–Kier alpha value is -4.51. The molecule has 8 heteroatoms. The number of furan rings is 1. The average molecular weight is 398 g/mol. The lowest BCUT2D eigenvalue weighted by Gasteiger charge is -2.02. The van der Waals surface area contributed by atoms with Gasteiger partial charge in [0, 0.05) is 12.1 Å². The van der Waals surface area contributed by atoms with Gasteiger partial charge in [-0.1, -0.05) is 18.2 Å². The molecule has 0 aliphatic rings. The normalized spacial score (nSPS) is 11.4. The fourth-order valence-corrected chi connectivity index (χ4v) is 3.09. The van der Waals surface area contributed by atoms with Gasteiger partial charge in [-0.2, -0.15) is 5.26 Å². The zero-order valence-corrected chi connectivity index (χ0v) is 15.7. The Kier molecular flexibility index (Phi) is 4.70. The van der Waals surface area contributed by atoms with Gasteiger partial charge < -0.3 is 9.40 Å². The number of hydrogen-bond acceptors (Lipinski definition) is 6. The van der Waals surface area contributed by atoms with Crippen LogP contribution in [0.4, 0.5) is 5.69 Å². The minimum atomic E-state index is -0.467. The Morgan fingerprint density at radius 2 is 2.03 bits per heavy atom. The van der Waals surface area contributed by atoms with Crippen LogP contribution in [0.2, 0.25) is 0 Å². The summed E-state index contributed by atoms with van der Waals surface area (Å²) >= 11 is 0. The first kappa shape index (κ1) is 18.8. The van der Waals surface area contributed by atoms with Crippen LogP contribution in [-0.4, -0.2) is 14.9 Å². The summed E-state index contributed by atoms with van der Waals surface area (Å²) in [7, 11) is 0. The molecule has 30 heavy (non-hydrogen) atoms. The molecule has 8 nitrogen and oxygen atoms in total. The van der Waals surface area contributed by atoms with Gasteiger partial charge in [0.2, 0.25) is 0 Å². The van der Waals surface area contributed by atoms with Gasteiger partial charge in [0.15, 0.2) is 5.82 Å². The number of nitrogens with one attached hydrogen (secondary N) is 1. The lowest BCUT2D eigenvalue weighted by Crippen LogP contribution is -2.11. The van der Waals surface area contributed by atoms with Gasteiger partial charge >= 0.3 is 0 Å². The lowest BCUT2D eigenvalue weighted by molar-refractivity contribution is -0.384. The van der Waals surface area contributed by atoms with Crippen LogP contribution in [0.3, 0.4) is 0 Å². The summed E-state index contributed by atoms with van der Waals surface area (Å²) in [4.78, 5) is 30.1. The van der Waals surface area contributed by atoms with Crippen molar-refractivity contribution in [3.05, 3.63) is 92.2 Å². The van der Waals surface area contributed by atoms with E-state index in [-0.39, 0.29) is 22.6 Å². The first-order valence-corrected chi connectivity index (χ1v) is 8.93. The molecule has 4 rings (SSSR count). The minimum Gasteiger partial charge on any atom is -0.456 e. The highest BCUT2D eigenvalue weighted by Gasteiger charge is 2.18. The van der Waals surface area contributed by atoms with Crippen molar-refractivity contribution in [3.8, 4) is 17.4 Å². The Balaban J connectivity index is 1.76. The minimum absolute atomic E-state index is 0.0686. The summed E-state index contributed by atoms with van der Waals surface area (Å²) in [6.07, 6.45) is 1.43. The number of nitro groups is 1. The smallest absolute Gasteiger partial charge is 0.280 e. The van der Waals surface area contributed by atoms with Crippen LogP contribution in [0.1, 0.15) is 17.1 Å². The second-order valence-electron chi connectivity index (χ2n) is 6.58. The van der Waals surface area contributed by atoms with Crippen molar-refractivity contribution < 1.29 is 9.34 Å². The van der Waals surface area contributed by atoms with Crippen LogP contribution in [0.25, 0.3) is 33.9 Å². The molecule has 0 atom stereocenters. The Bertz CT molecular complexity index is 1420. The standard InChI is InChI=1S/C22H14N4O4/c1-13-6-8-17(19(10-13)26(28)29)20-9-7-15(30-20)11-14(12-23)21-24-18-5-3-2-4-16(18)22(27)25-21/h2-11H,1H3,(H,24,25,27)/b14-11+. The molecule has 4 aromatic rings. The summed E-state index contributed by atoms with van der Waals surface area (Å²) in [6, 6.07) is 16.8. The number of nitrogens with zero attached hydrogens (tertiary/aromatic N) is 3. The van der Waals surface area contributed by atoms with Crippen molar-refractivity contribution in [2.45, 2.75) is 6.92 Å². The van der Waals surface area contributed by atoms with E-state index in [9.17, 15) is 20.2 Å². The molecule has 1 N–H and O–H groups in total. The molecule has 2 aromatic heterocycles. The molecular formula is C22H14N4O4. The van der Waals surface area contributed by atoms with Crippen molar-refractivity contribution in [2.24, 2.45) is 0 Å². The first-order chi connectivity index (χ1) is 14.5. The van der Waals surface area contributed by atoms with Crippen molar-refractivity contribution in [1.29, 1.82) is 5.26 Å². The van der Waals surface area contributed by atoms with Crippen LogP contribution in [-0.2, 0) is 0 Å². The molecule has 0 radical (unpaired) electrons. The number of nitro benzene ring substituents is 1. The highest BCUT2D eigenvalue weighted by Crippen LogP contribution is 2.32. The Morgan fingerprint density at radius 3 is 2.80 bits per heavy atom. The molecule has 0 amide bonds. The molecule has 0 fully saturated rings. The molecule has 146 valence electrons. The van der Waals surface area contributed by atoms with Gasteiger partial charge in [-0.3, -0.25) is 14.9 Å². The van der Waals surface area contributed by atoms with Crippen molar-refractivity contribution in [1.82, 2.24) is 9.97 Å². The molecule has 0 saturated heterocycles. The predicted molar refractivity (Wildman–Crippen MR) is 111 cm³/mol. The second kappa shape index (κ2) is 7.48. The topological polar surface area (TPSA) is 126 Å². The van der Waals surface area contributed by atoms with E-state index in [1.165, 1.54) is 12.1 Å². The highest BCUT2D eigenvalue weighted by atomic mass is 16.6. The third-order valence-electron chi connectivity index (χ3n) is 4.52. The third kappa shape index (κ3) is 3.47. The van der Waals surface area contributed by atoms with E-state index in [0.29, 0.717) is 28.0 Å². The highest BCUT2D eigenvalue weighted by molar-refractivity contribution is 5.88. The number of benzene rings is 2. The maximum Gasteiger partial charge on any atom is 0.280 e. The summed E-state index contributed by atoms with van der Waals surface area (Å²) in [5, 5.41) is 21.4. The zero-order chi connectivity index (χ0) is 21.3. The van der Waals surface area contributed by atoms with Crippen LogP contribution in [0.15, 0.2) is 63.8 Å². The number of aryl methyl sites for hydroxylation is 1. The number of rotatable bonds is 4. The van der Waals surface area contributed by atoms with Gasteiger partial charge in [-0.05, 0) is 42.8 Å². The number of allylic oxidation sites excluding steroid dienone is 1. The molecule has 0 spiro atoms. The van der Waals surface area contributed by atoms with Gasteiger partial charge in [-0.15, -0.1) is 0 Å². The zero-order valence-electron chi connectivity index (χ0n) is 15.7. The van der Waals surface area contributed by atoms with Crippen molar-refractivity contribution in [2.75, 3.05) is 0 Å². The number of nitriles is 1. The fraction of sp³-hybridized carbons (Fsp3) is 0.0455. The monoisotopic (exact) mass is 398 g/mol. The number of H-pyrrole nitrogens is 1. The Morgan fingerprint density at radius 1 is 1.23 bits per heavy atom. The average Bonchev–Trinajstić information content (AvgIpc) is 3.20. The van der Waals surface area contributed by atoms with Crippen LogP contribution in [0, 0.1) is 28.4 Å². The van der Waals surface area contributed by atoms with Crippen LogP contribution in [0.5, 0.6) is 0 Å². The summed E-state index contributed by atoms with van der Waals surface area (Å²) in [5.74, 6) is 0.706. The van der Waals surface area contributed by atoms with E-state index < -0.39 is 4.92 Å². The molecule has 0 bridgehead atoms. The fourth-order valence-electron chi connectivity index (χ4n) is 3.09. The quantitative estimate of drug-likeness (QED) is 0.307. The third-order valence-corrected chi connectivity index (χ3v) is 4.52. The lowest BCUT2D eigenvalue weighted by atomic mass is 10.1. The SMILES string of the molecule is Cc1ccc(-c2ccc(/C=C(\C#N)c3nc4ccccc4c(=O)[nH]3)o2)c([N+](=O)[O-])c1. The Labute approximate surface area is 169 Å². The second-order valence-corrected chi connectivity index (χ2v) is 6.58. The van der Waals surface area contributed by atoms with E-state index in [4.69, 9.17) is 4.42 Å². The molecular weight excluding hydrogens is 384 g/mol. The number of aromatic amines is 1. The molecule has 0 unspecified atom stereocenters. The summed E-state index contributed by atoms with van der Waals surface area (Å²) in [6.45, 7) is 1.77. The van der Waals surface area contributed by atoms with Gasteiger partial charge in [-0.25, -0.2) is 4.98 Å². The van der Waals surface area contributed by atoms with Gasteiger partial charge in [0.25, 0.3) is 11.2 Å². The van der Waals surface area contributed by atoms with E-state index in [0.717, 1.165) is 5.56 Å². The van der Waals surface area contributed by atoms with Crippen LogP contribution < -0.4 is 5.56 Å². The van der Waals surface area contributed by atoms with Crippen molar-refractivity contribution >= 4 is 28.2 Å². The molecule has 0 aliphatic carbocycles.